The molecule has 37 heavy (non-hydrogen) atoms. The fourth-order valence-electron chi connectivity index (χ4n) is 4.45. The van der Waals surface area contributed by atoms with Crippen LogP contribution in [0.25, 0.3) is 10.9 Å². The highest BCUT2D eigenvalue weighted by Gasteiger charge is 2.39. The summed E-state index contributed by atoms with van der Waals surface area (Å²) in [6, 6.07) is 22.0. The van der Waals surface area contributed by atoms with Crippen molar-refractivity contribution in [2.45, 2.75) is 18.9 Å². The number of para-hydroxylation sites is 1. The summed E-state index contributed by atoms with van der Waals surface area (Å²) >= 11 is 0. The van der Waals surface area contributed by atoms with Crippen molar-refractivity contribution in [1.82, 2.24) is 10.3 Å². The molecule has 3 aromatic carbocycles. The zero-order valence-electron chi connectivity index (χ0n) is 20.0. The second-order valence-electron chi connectivity index (χ2n) is 8.80. The van der Waals surface area contributed by atoms with Crippen molar-refractivity contribution < 1.29 is 23.9 Å². The quantitative estimate of drug-likeness (QED) is 0.208. The third-order valence-electron chi connectivity index (χ3n) is 6.40. The smallest absolute Gasteiger partial charge is 0.338 e. The van der Waals surface area contributed by atoms with Gasteiger partial charge in [-0.3, -0.25) is 14.4 Å². The maximum atomic E-state index is 13.0. The molecule has 186 valence electrons. The number of anilines is 1. The van der Waals surface area contributed by atoms with Crippen molar-refractivity contribution in [2.24, 2.45) is 0 Å². The molecule has 2 N–H and O–H groups in total. The van der Waals surface area contributed by atoms with E-state index in [1.54, 1.807) is 30.3 Å². The SMILES string of the molecule is O=C(COC(=O)c1ccc(N2C(=O)CC(NCCc3c[nH]c4ccccc34)C2=O)cc1)c1ccccc1. The number of fused-ring (bicyclic) bond motifs is 1. The lowest BCUT2D eigenvalue weighted by molar-refractivity contribution is -0.121. The maximum absolute atomic E-state index is 13.0. The molecule has 0 bridgehead atoms. The summed E-state index contributed by atoms with van der Waals surface area (Å²) in [7, 11) is 0. The number of amides is 2. The molecular formula is C29H25N3O5. The number of imide groups is 1. The number of aromatic amines is 1. The van der Waals surface area contributed by atoms with Gasteiger partial charge < -0.3 is 15.0 Å². The highest BCUT2D eigenvalue weighted by molar-refractivity contribution is 6.22. The highest BCUT2D eigenvalue weighted by atomic mass is 16.5. The molecule has 1 aliphatic heterocycles. The Hall–Kier alpha value is -4.56. The molecule has 8 nitrogen and oxygen atoms in total. The number of H-pyrrole nitrogens is 1. The molecule has 1 unspecified atom stereocenters. The number of nitrogens with one attached hydrogen (secondary N) is 2. The van der Waals surface area contributed by atoms with E-state index in [-0.39, 0.29) is 36.2 Å². The zero-order valence-corrected chi connectivity index (χ0v) is 20.0. The van der Waals surface area contributed by atoms with Crippen LogP contribution in [0.15, 0.2) is 85.1 Å². The zero-order chi connectivity index (χ0) is 25.8. The molecule has 1 saturated heterocycles. The second kappa shape index (κ2) is 10.6. The Morgan fingerprint density at radius 2 is 1.65 bits per heavy atom. The first-order chi connectivity index (χ1) is 18.0. The Bertz CT molecular complexity index is 1460. The normalized spacial score (nSPS) is 15.4. The largest absolute Gasteiger partial charge is 0.454 e. The molecule has 1 aromatic heterocycles. The van der Waals surface area contributed by atoms with Gasteiger partial charge in [-0.2, -0.15) is 0 Å². The van der Waals surface area contributed by atoms with E-state index in [1.807, 2.05) is 30.5 Å². The van der Waals surface area contributed by atoms with Gasteiger partial charge in [0.25, 0.3) is 5.91 Å². The van der Waals surface area contributed by atoms with Crippen LogP contribution in [-0.4, -0.2) is 47.7 Å². The van der Waals surface area contributed by atoms with Crippen molar-refractivity contribution in [3.8, 4) is 0 Å². The van der Waals surface area contributed by atoms with Crippen molar-refractivity contribution >= 4 is 40.2 Å². The van der Waals surface area contributed by atoms with Gasteiger partial charge in [-0.15, -0.1) is 0 Å². The van der Waals surface area contributed by atoms with E-state index < -0.39 is 12.0 Å². The van der Waals surface area contributed by atoms with Crippen LogP contribution in [0, 0.1) is 0 Å². The van der Waals surface area contributed by atoms with E-state index in [1.165, 1.54) is 24.3 Å². The van der Waals surface area contributed by atoms with E-state index in [0.29, 0.717) is 24.2 Å². The maximum Gasteiger partial charge on any atom is 0.338 e. The third-order valence-corrected chi connectivity index (χ3v) is 6.40. The molecule has 0 radical (unpaired) electrons. The summed E-state index contributed by atoms with van der Waals surface area (Å²) in [5.74, 6) is -1.60. The molecule has 8 heteroatoms. The van der Waals surface area contributed by atoms with Gasteiger partial charge in [-0.05, 0) is 42.3 Å². The number of rotatable bonds is 9. The van der Waals surface area contributed by atoms with Crippen LogP contribution in [0.5, 0.6) is 0 Å². The summed E-state index contributed by atoms with van der Waals surface area (Å²) in [6.07, 6.45) is 2.74. The number of ketones is 1. The average Bonchev–Trinajstić information content (AvgIpc) is 3.47. The molecule has 0 aliphatic carbocycles. The Labute approximate surface area is 213 Å². The molecule has 2 amide bonds. The molecule has 1 fully saturated rings. The third kappa shape index (κ3) is 5.19. The van der Waals surface area contributed by atoms with Crippen molar-refractivity contribution in [1.29, 1.82) is 0 Å². The summed E-state index contributed by atoms with van der Waals surface area (Å²) in [5.41, 5.74) is 3.27. The molecule has 0 saturated carbocycles. The highest BCUT2D eigenvalue weighted by Crippen LogP contribution is 2.24. The van der Waals surface area contributed by atoms with Crippen molar-refractivity contribution in [3.05, 3.63) is 102 Å². The number of nitrogens with zero attached hydrogens (tertiary/aromatic N) is 1. The minimum atomic E-state index is -0.660. The van der Waals surface area contributed by atoms with Crippen LogP contribution in [0.1, 0.15) is 32.7 Å². The first-order valence-corrected chi connectivity index (χ1v) is 12.0. The molecular weight excluding hydrogens is 470 g/mol. The van der Waals surface area contributed by atoms with Crippen LogP contribution in [0.4, 0.5) is 5.69 Å². The summed E-state index contributed by atoms with van der Waals surface area (Å²) in [6.45, 7) is 0.172. The van der Waals surface area contributed by atoms with E-state index in [2.05, 4.69) is 10.3 Å². The number of Topliss-reactive ketones (excluding diaryl/α,β-unsaturated/α-hetero) is 1. The number of hydrogen-bond acceptors (Lipinski definition) is 6. The van der Waals surface area contributed by atoms with Crippen LogP contribution >= 0.6 is 0 Å². The van der Waals surface area contributed by atoms with Gasteiger partial charge in [0.15, 0.2) is 12.4 Å². The van der Waals surface area contributed by atoms with Crippen LogP contribution < -0.4 is 10.2 Å². The predicted molar refractivity (Wildman–Crippen MR) is 138 cm³/mol. The first kappa shape index (κ1) is 24.1. The van der Waals surface area contributed by atoms with Crippen molar-refractivity contribution in [2.75, 3.05) is 18.1 Å². The summed E-state index contributed by atoms with van der Waals surface area (Å²) < 4.78 is 5.12. The van der Waals surface area contributed by atoms with Gasteiger partial charge in [0, 0.05) is 29.2 Å². The second-order valence-corrected chi connectivity index (χ2v) is 8.80. The number of esters is 1. The van der Waals surface area contributed by atoms with Gasteiger partial charge in [0.2, 0.25) is 5.91 Å². The van der Waals surface area contributed by atoms with Gasteiger partial charge in [0.1, 0.15) is 0 Å². The van der Waals surface area contributed by atoms with Crippen LogP contribution in [0.2, 0.25) is 0 Å². The molecule has 0 spiro atoms. The predicted octanol–water partition coefficient (Wildman–Crippen LogP) is 3.67. The topological polar surface area (TPSA) is 109 Å². The fourth-order valence-corrected chi connectivity index (χ4v) is 4.45. The number of aromatic nitrogens is 1. The van der Waals surface area contributed by atoms with Gasteiger partial charge >= 0.3 is 5.97 Å². The minimum Gasteiger partial charge on any atom is -0.454 e. The number of hydrogen-bond donors (Lipinski definition) is 2. The monoisotopic (exact) mass is 495 g/mol. The summed E-state index contributed by atoms with van der Waals surface area (Å²) in [4.78, 5) is 54.5. The minimum absolute atomic E-state index is 0.0676. The van der Waals surface area contributed by atoms with E-state index in [0.717, 1.165) is 21.4 Å². The Kier molecular flexibility index (Phi) is 6.91. The number of ether oxygens (including phenoxy) is 1. The first-order valence-electron chi connectivity index (χ1n) is 12.0. The van der Waals surface area contributed by atoms with Gasteiger partial charge in [0.05, 0.1) is 23.7 Å². The lowest BCUT2D eigenvalue weighted by Crippen LogP contribution is -2.39. The Balaban J connectivity index is 1.16. The van der Waals surface area contributed by atoms with Crippen LogP contribution in [0.3, 0.4) is 0 Å². The lowest BCUT2D eigenvalue weighted by Gasteiger charge is -2.16. The van der Waals surface area contributed by atoms with Gasteiger partial charge in [-0.1, -0.05) is 48.5 Å². The molecule has 1 aliphatic rings. The van der Waals surface area contributed by atoms with Crippen LogP contribution in [-0.2, 0) is 20.7 Å². The molecule has 4 aromatic rings. The standard InChI is InChI=1S/C29H25N3O5/c33-26(19-6-2-1-3-7-19)18-37-29(36)20-10-12-22(13-11-20)32-27(34)16-25(28(32)35)30-15-14-21-17-31-24-9-5-4-8-23(21)24/h1-13,17,25,30-31H,14-16,18H2. The fraction of sp³-hybridized carbons (Fsp3) is 0.172. The van der Waals surface area contributed by atoms with E-state index in [9.17, 15) is 19.2 Å². The van der Waals surface area contributed by atoms with E-state index >= 15 is 0 Å². The van der Waals surface area contributed by atoms with Crippen molar-refractivity contribution in [3.63, 3.8) is 0 Å². The number of carbonyl (C=O) groups excluding carboxylic acids is 4. The Morgan fingerprint density at radius 1 is 0.919 bits per heavy atom. The lowest BCUT2D eigenvalue weighted by atomic mass is 10.1. The molecule has 5 rings (SSSR count). The molecule has 1 atom stereocenters. The Morgan fingerprint density at radius 3 is 2.43 bits per heavy atom. The molecule has 2 heterocycles. The number of benzene rings is 3. The van der Waals surface area contributed by atoms with E-state index in [4.69, 9.17) is 4.74 Å². The average molecular weight is 496 g/mol. The summed E-state index contributed by atoms with van der Waals surface area (Å²) in [5, 5.41) is 4.34. The van der Waals surface area contributed by atoms with Gasteiger partial charge in [-0.25, -0.2) is 9.69 Å². The number of carbonyl (C=O) groups is 4.